The Morgan fingerprint density at radius 3 is 2.69 bits per heavy atom. The van der Waals surface area contributed by atoms with E-state index in [4.69, 9.17) is 9.73 Å². The molecule has 0 saturated heterocycles. The van der Waals surface area contributed by atoms with E-state index >= 15 is 0 Å². The van der Waals surface area contributed by atoms with Crippen LogP contribution < -0.4 is 14.9 Å². The van der Waals surface area contributed by atoms with Crippen molar-refractivity contribution >= 4 is 38.6 Å². The van der Waals surface area contributed by atoms with Crippen molar-refractivity contribution in [2.24, 2.45) is 4.99 Å². The second-order valence-electron chi connectivity index (χ2n) is 7.81. The van der Waals surface area contributed by atoms with Crippen LogP contribution in [-0.2, 0) is 14.8 Å². The zero-order valence-electron chi connectivity index (χ0n) is 18.2. The minimum Gasteiger partial charge on any atom is -0.482 e. The molecule has 2 aromatic carbocycles. The number of carbonyl (C=O) groups excluding carboxylic acids is 1. The van der Waals surface area contributed by atoms with Crippen LogP contribution in [0.1, 0.15) is 19.9 Å². The van der Waals surface area contributed by atoms with Crippen molar-refractivity contribution in [2.75, 3.05) is 26.0 Å². The summed E-state index contributed by atoms with van der Waals surface area (Å²) in [7, 11) is -0.539. The van der Waals surface area contributed by atoms with Crippen molar-refractivity contribution in [3.8, 4) is 17.0 Å². The Morgan fingerprint density at radius 2 is 1.97 bits per heavy atom. The summed E-state index contributed by atoms with van der Waals surface area (Å²) in [5.74, 6) is 0.462. The summed E-state index contributed by atoms with van der Waals surface area (Å²) < 4.78 is 33.7. The molecule has 1 aliphatic heterocycles. The number of nitrogens with zero attached hydrogens (tertiary/aromatic N) is 3. The molecule has 1 N–H and O–H groups in total. The molecular formula is C22H24N4O4S2. The first-order valence-corrected chi connectivity index (χ1v) is 12.3. The molecule has 10 heteroatoms. The predicted molar refractivity (Wildman–Crippen MR) is 125 cm³/mol. The van der Waals surface area contributed by atoms with Gasteiger partial charge in [0.05, 0.1) is 22.0 Å². The van der Waals surface area contributed by atoms with E-state index in [1.54, 1.807) is 24.3 Å². The molecule has 0 aliphatic carbocycles. The minimum atomic E-state index is -3.55. The fourth-order valence-electron chi connectivity index (χ4n) is 3.39. The normalized spacial score (nSPS) is 14.4. The Kier molecular flexibility index (Phi) is 5.93. The van der Waals surface area contributed by atoms with E-state index in [1.807, 2.05) is 23.6 Å². The summed E-state index contributed by atoms with van der Waals surface area (Å²) >= 11 is 1.47. The zero-order valence-corrected chi connectivity index (χ0v) is 19.8. The Bertz CT molecular complexity index is 1350. The average molecular weight is 473 g/mol. The van der Waals surface area contributed by atoms with Crippen molar-refractivity contribution in [1.82, 2.24) is 8.87 Å². The number of hydrogen-bond acceptors (Lipinski definition) is 6. The summed E-state index contributed by atoms with van der Waals surface area (Å²) in [5.41, 5.74) is 3.07. The van der Waals surface area contributed by atoms with Crippen LogP contribution in [0.3, 0.4) is 0 Å². The molecule has 0 spiro atoms. The second-order valence-corrected chi connectivity index (χ2v) is 10.8. The Hall–Kier alpha value is -2.95. The maximum absolute atomic E-state index is 12.5. The van der Waals surface area contributed by atoms with Gasteiger partial charge in [0.25, 0.3) is 5.91 Å². The van der Waals surface area contributed by atoms with E-state index in [-0.39, 0.29) is 23.5 Å². The Labute approximate surface area is 190 Å². The van der Waals surface area contributed by atoms with Gasteiger partial charge in [-0.1, -0.05) is 6.07 Å². The number of anilines is 1. The van der Waals surface area contributed by atoms with E-state index < -0.39 is 10.0 Å². The average Bonchev–Trinajstić information content (AvgIpc) is 3.17. The quantitative estimate of drug-likeness (QED) is 0.614. The molecule has 1 amide bonds. The number of sulfonamides is 1. The Balaban J connectivity index is 1.80. The predicted octanol–water partition coefficient (Wildman–Crippen LogP) is 3.61. The number of nitrogens with one attached hydrogen (secondary N) is 1. The number of ether oxygens (including phenoxy) is 1. The summed E-state index contributed by atoms with van der Waals surface area (Å²) in [6.07, 6.45) is 0. The lowest BCUT2D eigenvalue weighted by Gasteiger charge is -2.19. The zero-order chi connectivity index (χ0) is 23.0. The van der Waals surface area contributed by atoms with Gasteiger partial charge in [-0.3, -0.25) is 4.79 Å². The van der Waals surface area contributed by atoms with Crippen LogP contribution in [0.5, 0.6) is 5.75 Å². The van der Waals surface area contributed by atoms with Gasteiger partial charge in [-0.15, -0.1) is 11.3 Å². The minimum absolute atomic E-state index is 0.0163. The third-order valence-electron chi connectivity index (χ3n) is 4.99. The molecule has 4 rings (SSSR count). The number of hydrogen-bond donors (Lipinski definition) is 1. The summed E-state index contributed by atoms with van der Waals surface area (Å²) in [5, 5.41) is 4.85. The van der Waals surface area contributed by atoms with Crippen LogP contribution in [0.25, 0.3) is 11.3 Å². The summed E-state index contributed by atoms with van der Waals surface area (Å²) in [6.45, 7) is 4.14. The smallest absolute Gasteiger partial charge is 0.262 e. The van der Waals surface area contributed by atoms with Gasteiger partial charge in [0.2, 0.25) is 10.0 Å². The van der Waals surface area contributed by atoms with E-state index in [0.717, 1.165) is 16.1 Å². The lowest BCUT2D eigenvalue weighted by atomic mass is 10.1. The molecule has 0 bridgehead atoms. The number of amides is 1. The van der Waals surface area contributed by atoms with Crippen molar-refractivity contribution in [3.63, 3.8) is 0 Å². The van der Waals surface area contributed by atoms with Crippen LogP contribution in [-0.4, -0.2) is 43.9 Å². The first-order valence-electron chi connectivity index (χ1n) is 10.0. The highest BCUT2D eigenvalue weighted by Crippen LogP contribution is 2.33. The maximum Gasteiger partial charge on any atom is 0.262 e. The molecule has 3 aromatic rings. The van der Waals surface area contributed by atoms with Gasteiger partial charge >= 0.3 is 0 Å². The highest BCUT2D eigenvalue weighted by atomic mass is 32.2. The van der Waals surface area contributed by atoms with Crippen molar-refractivity contribution in [1.29, 1.82) is 0 Å². The number of fused-ring (bicyclic) bond motifs is 1. The lowest BCUT2D eigenvalue weighted by Crippen LogP contribution is -2.25. The van der Waals surface area contributed by atoms with Gasteiger partial charge in [0.15, 0.2) is 11.4 Å². The molecule has 0 saturated carbocycles. The number of thiazole rings is 1. The van der Waals surface area contributed by atoms with Crippen LogP contribution in [0.4, 0.5) is 11.4 Å². The molecule has 1 aromatic heterocycles. The summed E-state index contributed by atoms with van der Waals surface area (Å²) in [6, 6.07) is 12.4. The molecule has 32 heavy (non-hydrogen) atoms. The van der Waals surface area contributed by atoms with Gasteiger partial charge < -0.3 is 14.6 Å². The highest BCUT2D eigenvalue weighted by molar-refractivity contribution is 7.89. The van der Waals surface area contributed by atoms with E-state index in [9.17, 15) is 13.2 Å². The molecule has 0 atom stereocenters. The molecule has 0 unspecified atom stereocenters. The van der Waals surface area contributed by atoms with Crippen molar-refractivity contribution < 1.29 is 17.9 Å². The van der Waals surface area contributed by atoms with Gasteiger partial charge in [-0.05, 0) is 50.2 Å². The molecule has 0 fully saturated rings. The summed E-state index contributed by atoms with van der Waals surface area (Å²) in [4.78, 5) is 17.4. The standard InChI is InChI=1S/C22H24N4O4S2/c1-14(2)26-19(15-8-9-20-18(10-15)24-21(27)12-30-20)13-31-22(26)23-16-6-5-7-17(11-16)32(28,29)25(3)4/h5-11,13-14H,12H2,1-4H3,(H,24,27). The highest BCUT2D eigenvalue weighted by Gasteiger charge is 2.19. The third-order valence-corrected chi connectivity index (χ3v) is 7.64. The van der Waals surface area contributed by atoms with Gasteiger partial charge in [0.1, 0.15) is 5.75 Å². The first-order chi connectivity index (χ1) is 15.2. The molecule has 2 heterocycles. The number of aromatic nitrogens is 1. The SMILES string of the molecule is CC(C)n1c(-c2ccc3c(c2)NC(=O)CO3)csc1=Nc1cccc(S(=O)(=O)N(C)C)c1. The van der Waals surface area contributed by atoms with Gasteiger partial charge in [0, 0.05) is 31.1 Å². The van der Waals surface area contributed by atoms with Crippen molar-refractivity contribution in [2.45, 2.75) is 24.8 Å². The Morgan fingerprint density at radius 1 is 1.19 bits per heavy atom. The lowest BCUT2D eigenvalue weighted by molar-refractivity contribution is -0.118. The molecule has 0 radical (unpaired) electrons. The van der Waals surface area contributed by atoms with Crippen LogP contribution in [0.2, 0.25) is 0 Å². The van der Waals surface area contributed by atoms with E-state index in [0.29, 0.717) is 17.1 Å². The fraction of sp³-hybridized carbons (Fsp3) is 0.273. The molecule has 8 nitrogen and oxygen atoms in total. The van der Waals surface area contributed by atoms with Gasteiger partial charge in [-0.2, -0.15) is 0 Å². The monoisotopic (exact) mass is 472 g/mol. The largest absolute Gasteiger partial charge is 0.482 e. The molecule has 168 valence electrons. The van der Waals surface area contributed by atoms with E-state index in [1.165, 1.54) is 29.7 Å². The number of benzene rings is 2. The molecular weight excluding hydrogens is 448 g/mol. The van der Waals surface area contributed by atoms with Crippen LogP contribution >= 0.6 is 11.3 Å². The van der Waals surface area contributed by atoms with Crippen LogP contribution in [0.15, 0.2) is 57.7 Å². The molecule has 1 aliphatic rings. The van der Waals surface area contributed by atoms with Gasteiger partial charge in [-0.25, -0.2) is 17.7 Å². The van der Waals surface area contributed by atoms with Crippen LogP contribution in [0, 0.1) is 0 Å². The number of carbonyl (C=O) groups is 1. The third kappa shape index (κ3) is 4.21. The second kappa shape index (κ2) is 8.53. The topological polar surface area (TPSA) is 93.0 Å². The maximum atomic E-state index is 12.5. The first kappa shape index (κ1) is 22.3. The van der Waals surface area contributed by atoms with Crippen molar-refractivity contribution in [3.05, 3.63) is 52.6 Å². The fourth-order valence-corrected chi connectivity index (χ4v) is 5.38. The van der Waals surface area contributed by atoms with E-state index in [2.05, 4.69) is 23.7 Å². The number of rotatable bonds is 5.